The molecule has 1 saturated heterocycles. The maximum absolute atomic E-state index is 8.23. The molecule has 130 valence electrons. The highest BCUT2D eigenvalue weighted by molar-refractivity contribution is 5.85. The Morgan fingerprint density at radius 3 is 2.29 bits per heavy atom. The Hall–Kier alpha value is -2.57. The normalized spacial score (nSPS) is 16.1. The maximum Gasteiger partial charge on any atom is 0.235 e. The second kappa shape index (κ2) is 7.81. The fourth-order valence-corrected chi connectivity index (χ4v) is 2.72. The summed E-state index contributed by atoms with van der Waals surface area (Å²) in [6.07, 6.45) is 1.75. The molecule has 1 aliphatic heterocycles. The third-order valence-electron chi connectivity index (χ3n) is 3.76. The number of nitrogens with zero attached hydrogens (tertiary/aromatic N) is 5. The van der Waals surface area contributed by atoms with Crippen LogP contribution in [0.1, 0.15) is 33.3 Å². The molecule has 0 radical (unpaired) electrons. The minimum absolute atomic E-state index is 0.234. The van der Waals surface area contributed by atoms with Crippen molar-refractivity contribution in [3.8, 4) is 0 Å². The van der Waals surface area contributed by atoms with Gasteiger partial charge in [0.15, 0.2) is 0 Å². The van der Waals surface area contributed by atoms with Crippen molar-refractivity contribution >= 4 is 18.1 Å². The molecule has 0 spiro atoms. The Kier molecular flexibility index (Phi) is 5.78. The summed E-state index contributed by atoms with van der Waals surface area (Å²) in [4.78, 5) is 2.03. The van der Waals surface area contributed by atoms with Crippen molar-refractivity contribution in [1.29, 1.82) is 5.41 Å². The Morgan fingerprint density at radius 1 is 1.12 bits per heavy atom. The van der Waals surface area contributed by atoms with Crippen LogP contribution in [-0.2, 0) is 0 Å². The van der Waals surface area contributed by atoms with E-state index in [1.54, 1.807) is 16.2 Å². The zero-order chi connectivity index (χ0) is 17.7. The van der Waals surface area contributed by atoms with Crippen LogP contribution >= 0.6 is 0 Å². The van der Waals surface area contributed by atoms with Gasteiger partial charge in [0.2, 0.25) is 11.9 Å². The fraction of sp³-hybridized carbons (Fsp3) is 0.471. The molecule has 1 fully saturated rings. The van der Waals surface area contributed by atoms with Gasteiger partial charge in [-0.15, -0.1) is 5.10 Å². The molecular weight excluding hydrogens is 302 g/mol. The average molecular weight is 329 g/mol. The Labute approximate surface area is 143 Å². The van der Waals surface area contributed by atoms with Gasteiger partial charge in [-0.1, -0.05) is 30.3 Å². The molecule has 1 aromatic rings. The number of hydrogen-bond donors (Lipinski definition) is 2. The van der Waals surface area contributed by atoms with E-state index in [1.807, 2.05) is 35.2 Å². The van der Waals surface area contributed by atoms with Gasteiger partial charge >= 0.3 is 0 Å². The van der Waals surface area contributed by atoms with Crippen molar-refractivity contribution < 1.29 is 0 Å². The molecular formula is C17H27N7. The van der Waals surface area contributed by atoms with Crippen LogP contribution in [0.25, 0.3) is 0 Å². The van der Waals surface area contributed by atoms with Crippen LogP contribution in [0, 0.1) is 5.41 Å². The third-order valence-corrected chi connectivity index (χ3v) is 3.76. The van der Waals surface area contributed by atoms with Gasteiger partial charge in [0.1, 0.15) is 0 Å². The maximum atomic E-state index is 8.23. The Morgan fingerprint density at radius 2 is 1.71 bits per heavy atom. The predicted octanol–water partition coefficient (Wildman–Crippen LogP) is 1.92. The Balaban J connectivity index is 2.05. The molecule has 0 amide bonds. The first-order chi connectivity index (χ1) is 11.4. The van der Waals surface area contributed by atoms with Crippen LogP contribution in [0.15, 0.2) is 40.5 Å². The van der Waals surface area contributed by atoms with Gasteiger partial charge in [-0.3, -0.25) is 5.41 Å². The summed E-state index contributed by atoms with van der Waals surface area (Å²) in [7, 11) is 0. The lowest BCUT2D eigenvalue weighted by Crippen LogP contribution is -2.47. The van der Waals surface area contributed by atoms with Crippen LogP contribution in [0.5, 0.6) is 0 Å². The van der Waals surface area contributed by atoms with E-state index in [9.17, 15) is 0 Å². The van der Waals surface area contributed by atoms with E-state index in [0.717, 1.165) is 5.56 Å². The molecule has 0 saturated carbocycles. The molecule has 3 N–H and O–H groups in total. The van der Waals surface area contributed by atoms with E-state index in [2.05, 4.69) is 37.9 Å². The zero-order valence-corrected chi connectivity index (χ0v) is 14.8. The summed E-state index contributed by atoms with van der Waals surface area (Å²) in [6, 6.07) is 10.3. The molecule has 24 heavy (non-hydrogen) atoms. The molecule has 1 heterocycles. The van der Waals surface area contributed by atoms with Gasteiger partial charge in [-0.05, 0) is 33.3 Å². The van der Waals surface area contributed by atoms with Crippen LogP contribution in [0.3, 0.4) is 0 Å². The van der Waals surface area contributed by atoms with E-state index < -0.39 is 0 Å². The first-order valence-corrected chi connectivity index (χ1v) is 8.25. The fourth-order valence-electron chi connectivity index (χ4n) is 2.72. The van der Waals surface area contributed by atoms with Gasteiger partial charge in [0, 0.05) is 12.1 Å². The van der Waals surface area contributed by atoms with E-state index in [1.165, 1.54) is 0 Å². The number of nitrogens with one attached hydrogen (secondary N) is 1. The predicted molar refractivity (Wildman–Crippen MR) is 98.9 cm³/mol. The number of hydrogen-bond acceptors (Lipinski definition) is 3. The first kappa shape index (κ1) is 17.8. The standard InChI is InChI=1S/C17H27N7/c1-13(2)24(14(3)4)16(18)21-23-11-10-22(17(23)19)20-12-15-8-6-5-7-9-15/h5-9,12-14,19H,10-11H2,1-4H3,(H2,18,21). The minimum atomic E-state index is 0.234. The largest absolute Gasteiger partial charge is 0.368 e. The third kappa shape index (κ3) is 4.24. The van der Waals surface area contributed by atoms with E-state index >= 15 is 0 Å². The summed E-state index contributed by atoms with van der Waals surface area (Å²) in [6.45, 7) is 9.52. The quantitative estimate of drug-likeness (QED) is 0.638. The Bertz CT molecular complexity index is 599. The van der Waals surface area contributed by atoms with Gasteiger partial charge in [0.05, 0.1) is 19.3 Å². The van der Waals surface area contributed by atoms with Crippen molar-refractivity contribution in [2.24, 2.45) is 15.9 Å². The van der Waals surface area contributed by atoms with Gasteiger partial charge in [0.25, 0.3) is 0 Å². The lowest BCUT2D eigenvalue weighted by atomic mass is 10.2. The number of guanidine groups is 2. The molecule has 1 aliphatic rings. The van der Waals surface area contributed by atoms with Gasteiger partial charge < -0.3 is 10.6 Å². The number of hydrazone groups is 2. The molecule has 7 heteroatoms. The van der Waals surface area contributed by atoms with Crippen molar-refractivity contribution in [2.75, 3.05) is 13.1 Å². The van der Waals surface area contributed by atoms with Crippen LogP contribution < -0.4 is 5.73 Å². The SMILES string of the molecule is CC(C)N(C(N)=NN1CCN(N=Cc2ccccc2)C1=N)C(C)C. The van der Waals surface area contributed by atoms with E-state index in [-0.39, 0.29) is 18.0 Å². The smallest absolute Gasteiger partial charge is 0.235 e. The summed E-state index contributed by atoms with van der Waals surface area (Å²) in [5.74, 6) is 0.663. The average Bonchev–Trinajstić information content (AvgIpc) is 2.86. The molecule has 2 rings (SSSR count). The molecule has 0 aliphatic carbocycles. The van der Waals surface area contributed by atoms with Crippen LogP contribution in [0.4, 0.5) is 0 Å². The second-order valence-corrected chi connectivity index (χ2v) is 6.28. The van der Waals surface area contributed by atoms with E-state index in [0.29, 0.717) is 19.0 Å². The highest BCUT2D eigenvalue weighted by Crippen LogP contribution is 2.11. The monoisotopic (exact) mass is 329 g/mol. The molecule has 0 atom stereocenters. The summed E-state index contributed by atoms with van der Waals surface area (Å²) >= 11 is 0. The molecule has 1 aromatic carbocycles. The van der Waals surface area contributed by atoms with E-state index in [4.69, 9.17) is 11.1 Å². The van der Waals surface area contributed by atoms with Crippen LogP contribution in [-0.4, -0.2) is 58.2 Å². The molecule has 0 unspecified atom stereocenters. The zero-order valence-electron chi connectivity index (χ0n) is 14.8. The highest BCUT2D eigenvalue weighted by atomic mass is 15.7. The highest BCUT2D eigenvalue weighted by Gasteiger charge is 2.26. The summed E-state index contributed by atoms with van der Waals surface area (Å²) in [5, 5.41) is 20.2. The number of nitrogens with two attached hydrogens (primary N) is 1. The van der Waals surface area contributed by atoms with Crippen molar-refractivity contribution in [2.45, 2.75) is 39.8 Å². The van der Waals surface area contributed by atoms with Crippen molar-refractivity contribution in [1.82, 2.24) is 14.9 Å². The topological polar surface area (TPSA) is 84.3 Å². The first-order valence-electron chi connectivity index (χ1n) is 8.25. The number of benzene rings is 1. The van der Waals surface area contributed by atoms with Crippen molar-refractivity contribution in [3.05, 3.63) is 35.9 Å². The van der Waals surface area contributed by atoms with Gasteiger partial charge in [-0.2, -0.15) is 5.10 Å². The second-order valence-electron chi connectivity index (χ2n) is 6.28. The summed E-state index contributed by atoms with van der Waals surface area (Å²) in [5.41, 5.74) is 7.15. The minimum Gasteiger partial charge on any atom is -0.368 e. The molecule has 7 nitrogen and oxygen atoms in total. The van der Waals surface area contributed by atoms with Crippen LogP contribution in [0.2, 0.25) is 0 Å². The molecule has 0 aromatic heterocycles. The lowest BCUT2D eigenvalue weighted by Gasteiger charge is -2.32. The van der Waals surface area contributed by atoms with Gasteiger partial charge in [-0.25, -0.2) is 10.0 Å². The summed E-state index contributed by atoms with van der Waals surface area (Å²) < 4.78 is 0. The molecule has 0 bridgehead atoms. The number of rotatable bonds is 5. The van der Waals surface area contributed by atoms with Crippen molar-refractivity contribution in [3.63, 3.8) is 0 Å². The lowest BCUT2D eigenvalue weighted by molar-refractivity contribution is 0.281.